The fourth-order valence-electron chi connectivity index (χ4n) is 4.30. The van der Waals surface area contributed by atoms with Crippen molar-refractivity contribution in [1.29, 1.82) is 0 Å². The fourth-order valence-corrected chi connectivity index (χ4v) is 6.52. The second-order valence-corrected chi connectivity index (χ2v) is 10.7. The number of hydrogen-bond acceptors (Lipinski definition) is 6. The predicted molar refractivity (Wildman–Crippen MR) is 127 cm³/mol. The third-order valence-electron chi connectivity index (χ3n) is 5.95. The van der Waals surface area contributed by atoms with Crippen LogP contribution in [-0.2, 0) is 32.3 Å². The Kier molecular flexibility index (Phi) is 6.76. The van der Waals surface area contributed by atoms with Crippen LogP contribution in [0.25, 0.3) is 0 Å². The van der Waals surface area contributed by atoms with Gasteiger partial charge in [0.2, 0.25) is 0 Å². The van der Waals surface area contributed by atoms with Crippen molar-refractivity contribution in [2.24, 2.45) is 0 Å². The maximum Gasteiger partial charge on any atom is 0.328 e. The van der Waals surface area contributed by atoms with E-state index in [1.54, 1.807) is 23.1 Å². The average molecular weight is 488 g/mol. The quantitative estimate of drug-likeness (QED) is 0.473. The van der Waals surface area contributed by atoms with Crippen molar-refractivity contribution in [2.75, 3.05) is 18.6 Å². The van der Waals surface area contributed by atoms with Gasteiger partial charge in [0, 0.05) is 19.2 Å². The molecule has 0 bridgehead atoms. The van der Waals surface area contributed by atoms with Crippen molar-refractivity contribution in [3.63, 3.8) is 0 Å². The molecule has 0 amide bonds. The molecule has 0 saturated carbocycles. The molecule has 1 aliphatic heterocycles. The molecule has 7 nitrogen and oxygen atoms in total. The number of carbonyl (C=O) groups is 1. The van der Waals surface area contributed by atoms with Crippen molar-refractivity contribution in [3.05, 3.63) is 76.9 Å². The lowest BCUT2D eigenvalue weighted by Gasteiger charge is -2.25. The molecule has 0 radical (unpaired) electrons. The number of carbonyl (C=O) groups excluding carboxylic acids is 1. The van der Waals surface area contributed by atoms with Crippen molar-refractivity contribution < 1.29 is 17.9 Å². The molecule has 2 atom stereocenters. The molecule has 0 N–H and O–H groups in total. The van der Waals surface area contributed by atoms with E-state index in [0.29, 0.717) is 12.4 Å². The number of sulfone groups is 1. The van der Waals surface area contributed by atoms with E-state index in [-0.39, 0.29) is 22.9 Å². The molecule has 1 aliphatic rings. The Morgan fingerprint density at radius 1 is 1.15 bits per heavy atom. The number of ether oxygens (including phenoxy) is 1. The molecular formula is C24H26ClN3O4S. The standard InChI is InChI=1S/C24H26ClN3O4S/c1-17-14-23(28(26-17)13-12-18-8-4-3-5-9-18)27-16-19(15-21(27)24(29)32-2)33(30,31)22-11-7-6-10-20(22)25/h3-11,14,19,21H,12-13,15-16H2,1-2H3/t19-,21+/m1/s1. The van der Waals surface area contributed by atoms with Gasteiger partial charge in [-0.1, -0.05) is 54.1 Å². The summed E-state index contributed by atoms with van der Waals surface area (Å²) in [5.74, 6) is 0.232. The van der Waals surface area contributed by atoms with Gasteiger partial charge in [0.1, 0.15) is 11.9 Å². The smallest absolute Gasteiger partial charge is 0.328 e. The number of benzene rings is 2. The second-order valence-electron chi connectivity index (χ2n) is 8.13. The summed E-state index contributed by atoms with van der Waals surface area (Å²) in [7, 11) is -2.44. The molecular weight excluding hydrogens is 462 g/mol. The molecule has 9 heteroatoms. The summed E-state index contributed by atoms with van der Waals surface area (Å²) in [6.45, 7) is 2.62. The lowest BCUT2D eigenvalue weighted by atomic mass is 10.1. The van der Waals surface area contributed by atoms with Crippen molar-refractivity contribution in [2.45, 2.75) is 42.5 Å². The minimum absolute atomic E-state index is 0.0795. The van der Waals surface area contributed by atoms with E-state index in [9.17, 15) is 13.2 Å². The van der Waals surface area contributed by atoms with Crippen LogP contribution >= 0.6 is 11.6 Å². The van der Waals surface area contributed by atoms with Gasteiger partial charge in [0.05, 0.1) is 28.0 Å². The highest BCUT2D eigenvalue weighted by molar-refractivity contribution is 7.92. The maximum atomic E-state index is 13.4. The number of nitrogens with zero attached hydrogens (tertiary/aromatic N) is 3. The molecule has 0 unspecified atom stereocenters. The zero-order chi connectivity index (χ0) is 23.6. The van der Waals surface area contributed by atoms with Crippen molar-refractivity contribution in [3.8, 4) is 0 Å². The Bertz CT molecular complexity index is 1240. The van der Waals surface area contributed by atoms with Gasteiger partial charge in [-0.25, -0.2) is 17.9 Å². The van der Waals surface area contributed by atoms with Gasteiger partial charge in [0.15, 0.2) is 9.84 Å². The SMILES string of the molecule is COC(=O)[C@@H]1C[C@@H](S(=O)(=O)c2ccccc2Cl)CN1c1cc(C)nn1CCc1ccccc1. The van der Waals surface area contributed by atoms with E-state index in [1.165, 1.54) is 18.7 Å². The Balaban J connectivity index is 1.65. The normalized spacial score (nSPS) is 18.5. The van der Waals surface area contributed by atoms with E-state index < -0.39 is 27.1 Å². The lowest BCUT2D eigenvalue weighted by molar-refractivity contribution is -0.141. The number of esters is 1. The third kappa shape index (κ3) is 4.77. The first kappa shape index (κ1) is 23.3. The number of halogens is 1. The molecule has 33 heavy (non-hydrogen) atoms. The first-order chi connectivity index (χ1) is 15.8. The highest BCUT2D eigenvalue weighted by Crippen LogP contribution is 2.35. The number of hydrogen-bond donors (Lipinski definition) is 0. The van der Waals surface area contributed by atoms with E-state index in [4.69, 9.17) is 16.3 Å². The van der Waals surface area contributed by atoms with Crippen LogP contribution in [0.15, 0.2) is 65.6 Å². The van der Waals surface area contributed by atoms with Crippen LogP contribution in [0.5, 0.6) is 0 Å². The van der Waals surface area contributed by atoms with Crippen molar-refractivity contribution in [1.82, 2.24) is 9.78 Å². The highest BCUT2D eigenvalue weighted by atomic mass is 35.5. The zero-order valence-corrected chi connectivity index (χ0v) is 20.1. The summed E-state index contributed by atoms with van der Waals surface area (Å²) in [6, 6.07) is 17.6. The molecule has 3 aromatic rings. The summed E-state index contributed by atoms with van der Waals surface area (Å²) >= 11 is 6.20. The molecule has 2 heterocycles. The summed E-state index contributed by atoms with van der Waals surface area (Å²) in [5.41, 5.74) is 1.96. The Morgan fingerprint density at radius 2 is 1.85 bits per heavy atom. The van der Waals surface area contributed by atoms with E-state index in [0.717, 1.165) is 12.1 Å². The third-order valence-corrected chi connectivity index (χ3v) is 8.58. The summed E-state index contributed by atoms with van der Waals surface area (Å²) in [4.78, 5) is 14.5. The Hall–Kier alpha value is -2.84. The van der Waals surface area contributed by atoms with Gasteiger partial charge in [-0.15, -0.1) is 0 Å². The number of methoxy groups -OCH3 is 1. The van der Waals surface area contributed by atoms with Crippen LogP contribution in [0.4, 0.5) is 5.82 Å². The summed E-state index contributed by atoms with van der Waals surface area (Å²) in [6.07, 6.45) is 0.871. The molecule has 4 rings (SSSR count). The number of rotatable bonds is 7. The van der Waals surface area contributed by atoms with Gasteiger partial charge in [-0.2, -0.15) is 5.10 Å². The van der Waals surface area contributed by atoms with Crippen LogP contribution in [0.3, 0.4) is 0 Å². The van der Waals surface area contributed by atoms with Crippen LogP contribution < -0.4 is 4.90 Å². The second kappa shape index (κ2) is 9.57. The molecule has 1 saturated heterocycles. The van der Waals surface area contributed by atoms with Gasteiger partial charge in [-0.3, -0.25) is 0 Å². The first-order valence-electron chi connectivity index (χ1n) is 10.7. The monoisotopic (exact) mass is 487 g/mol. The lowest BCUT2D eigenvalue weighted by Crippen LogP contribution is -2.38. The summed E-state index contributed by atoms with van der Waals surface area (Å²) in [5, 5.41) is 3.97. The summed E-state index contributed by atoms with van der Waals surface area (Å²) < 4.78 is 33.7. The number of aryl methyl sites for hydroxylation is 3. The van der Waals surface area contributed by atoms with Crippen LogP contribution in [0.2, 0.25) is 5.02 Å². The molecule has 0 aliphatic carbocycles. The molecule has 0 spiro atoms. The average Bonchev–Trinajstić information content (AvgIpc) is 3.42. The van der Waals surface area contributed by atoms with Crippen LogP contribution in [0, 0.1) is 6.92 Å². The molecule has 1 fully saturated rings. The van der Waals surface area contributed by atoms with Gasteiger partial charge >= 0.3 is 5.97 Å². The van der Waals surface area contributed by atoms with E-state index >= 15 is 0 Å². The first-order valence-corrected chi connectivity index (χ1v) is 12.6. The van der Waals surface area contributed by atoms with Gasteiger partial charge in [-0.05, 0) is 37.5 Å². The van der Waals surface area contributed by atoms with E-state index in [2.05, 4.69) is 17.2 Å². The Labute approximate surface area is 198 Å². The molecule has 1 aromatic heterocycles. The zero-order valence-electron chi connectivity index (χ0n) is 18.5. The van der Waals surface area contributed by atoms with E-state index in [1.807, 2.05) is 35.9 Å². The van der Waals surface area contributed by atoms with Gasteiger partial charge < -0.3 is 9.64 Å². The number of aromatic nitrogens is 2. The molecule has 174 valence electrons. The van der Waals surface area contributed by atoms with Gasteiger partial charge in [0.25, 0.3) is 0 Å². The largest absolute Gasteiger partial charge is 0.467 e. The fraction of sp³-hybridized carbons (Fsp3) is 0.333. The predicted octanol–water partition coefficient (Wildman–Crippen LogP) is 3.68. The highest BCUT2D eigenvalue weighted by Gasteiger charge is 2.45. The van der Waals surface area contributed by atoms with Crippen LogP contribution in [0.1, 0.15) is 17.7 Å². The van der Waals surface area contributed by atoms with Crippen LogP contribution in [-0.4, -0.2) is 49.1 Å². The van der Waals surface area contributed by atoms with Crippen molar-refractivity contribution >= 4 is 33.2 Å². The minimum atomic E-state index is -3.76. The number of anilines is 1. The Morgan fingerprint density at radius 3 is 2.55 bits per heavy atom. The maximum absolute atomic E-state index is 13.4. The molecule has 2 aromatic carbocycles. The minimum Gasteiger partial charge on any atom is -0.467 e. The topological polar surface area (TPSA) is 81.5 Å².